The zero-order valence-corrected chi connectivity index (χ0v) is 8.36. The molecule has 0 saturated heterocycles. The minimum Gasteiger partial charge on any atom is -0.221 e. The molecule has 0 spiro atoms. The highest BCUT2D eigenvalue weighted by atomic mass is 32.2. The minimum atomic E-state index is -3.13. The van der Waals surface area contributed by atoms with E-state index in [2.05, 4.69) is 10.2 Å². The van der Waals surface area contributed by atoms with Crippen LogP contribution in [0.3, 0.4) is 0 Å². The van der Waals surface area contributed by atoms with E-state index < -0.39 is 9.84 Å². The molecule has 0 unspecified atom stereocenters. The molecule has 68 valence electrons. The first-order chi connectivity index (χ1) is 5.67. The molecule has 0 aliphatic heterocycles. The third-order valence-corrected chi connectivity index (χ3v) is 4.35. The summed E-state index contributed by atoms with van der Waals surface area (Å²) in [6, 6.07) is 0. The lowest BCUT2D eigenvalue weighted by Gasteiger charge is -1.96. The second kappa shape index (κ2) is 3.95. The predicted molar refractivity (Wildman–Crippen MR) is 46.9 cm³/mol. The van der Waals surface area contributed by atoms with Gasteiger partial charge in [-0.3, -0.25) is 0 Å². The van der Waals surface area contributed by atoms with Gasteiger partial charge in [0.15, 0.2) is 0 Å². The molecule has 1 heterocycles. The van der Waals surface area contributed by atoms with Crippen LogP contribution >= 0.6 is 11.3 Å². The van der Waals surface area contributed by atoms with Crippen LogP contribution in [0.5, 0.6) is 0 Å². The van der Waals surface area contributed by atoms with Gasteiger partial charge in [-0.05, 0) is 6.42 Å². The van der Waals surface area contributed by atoms with E-state index in [4.69, 9.17) is 0 Å². The lowest BCUT2D eigenvalue weighted by Crippen LogP contribution is -2.05. The van der Waals surface area contributed by atoms with E-state index in [1.54, 1.807) is 0 Å². The number of hydrogen-bond donors (Lipinski definition) is 0. The molecule has 0 aromatic carbocycles. The number of hydrogen-bond acceptors (Lipinski definition) is 5. The van der Waals surface area contributed by atoms with E-state index in [1.807, 2.05) is 6.92 Å². The first kappa shape index (κ1) is 9.60. The summed E-state index contributed by atoms with van der Waals surface area (Å²) in [5.74, 6) is 0.179. The highest BCUT2D eigenvalue weighted by Gasteiger charge is 2.16. The van der Waals surface area contributed by atoms with E-state index in [0.717, 1.165) is 17.8 Å². The molecule has 1 aromatic heterocycles. The Morgan fingerprint density at radius 3 is 2.83 bits per heavy atom. The van der Waals surface area contributed by atoms with Crippen LogP contribution in [0.15, 0.2) is 9.85 Å². The van der Waals surface area contributed by atoms with Crippen molar-refractivity contribution in [2.24, 2.45) is 0 Å². The van der Waals surface area contributed by atoms with E-state index >= 15 is 0 Å². The van der Waals surface area contributed by atoms with Crippen molar-refractivity contribution in [1.29, 1.82) is 0 Å². The Morgan fingerprint density at radius 2 is 2.33 bits per heavy atom. The molecular weight excluding hydrogens is 196 g/mol. The van der Waals surface area contributed by atoms with Crippen molar-refractivity contribution in [3.63, 3.8) is 0 Å². The number of sulfone groups is 1. The van der Waals surface area contributed by atoms with Gasteiger partial charge in [-0.1, -0.05) is 24.7 Å². The number of unbranched alkanes of at least 4 members (excludes halogenated alkanes) is 1. The highest BCUT2D eigenvalue weighted by molar-refractivity contribution is 7.93. The molecule has 12 heavy (non-hydrogen) atoms. The Bertz CT molecular complexity index is 317. The quantitative estimate of drug-likeness (QED) is 0.740. The van der Waals surface area contributed by atoms with Crippen LogP contribution in [0, 0.1) is 0 Å². The SMILES string of the molecule is CCCCS(=O)(=O)c1nncs1. The lowest BCUT2D eigenvalue weighted by atomic mass is 10.4. The lowest BCUT2D eigenvalue weighted by molar-refractivity contribution is 0.590. The Kier molecular flexibility index (Phi) is 3.16. The summed E-state index contributed by atoms with van der Waals surface area (Å²) in [5.41, 5.74) is 1.43. The minimum absolute atomic E-state index is 0.135. The number of nitrogens with zero attached hydrogens (tertiary/aromatic N) is 2. The second-order valence-corrected chi connectivity index (χ2v) is 5.49. The van der Waals surface area contributed by atoms with Crippen molar-refractivity contribution in [2.75, 3.05) is 5.75 Å². The molecule has 0 N–H and O–H groups in total. The molecular formula is C6H10N2O2S2. The fourth-order valence-electron chi connectivity index (χ4n) is 0.720. The average Bonchev–Trinajstić information content (AvgIpc) is 2.53. The van der Waals surface area contributed by atoms with Crippen LogP contribution in [-0.2, 0) is 9.84 Å². The Hall–Kier alpha value is -0.490. The van der Waals surface area contributed by atoms with Crippen molar-refractivity contribution in [3.05, 3.63) is 5.51 Å². The number of rotatable bonds is 4. The number of aromatic nitrogens is 2. The van der Waals surface area contributed by atoms with Crippen LogP contribution in [-0.4, -0.2) is 24.4 Å². The van der Waals surface area contributed by atoms with Crippen LogP contribution in [0.1, 0.15) is 19.8 Å². The third-order valence-electron chi connectivity index (χ3n) is 1.37. The molecule has 0 radical (unpaired) electrons. The molecule has 0 bridgehead atoms. The van der Waals surface area contributed by atoms with Gasteiger partial charge >= 0.3 is 0 Å². The predicted octanol–water partition coefficient (Wildman–Crippen LogP) is 1.11. The molecule has 0 atom stereocenters. The average molecular weight is 206 g/mol. The fraction of sp³-hybridized carbons (Fsp3) is 0.667. The molecule has 0 saturated carbocycles. The highest BCUT2D eigenvalue weighted by Crippen LogP contribution is 2.13. The van der Waals surface area contributed by atoms with Gasteiger partial charge in [0, 0.05) is 0 Å². The zero-order chi connectivity index (χ0) is 9.03. The van der Waals surface area contributed by atoms with Gasteiger partial charge in [-0.25, -0.2) is 8.42 Å². The molecule has 0 fully saturated rings. The summed E-state index contributed by atoms with van der Waals surface area (Å²) in [6.45, 7) is 1.95. The van der Waals surface area contributed by atoms with E-state index in [9.17, 15) is 8.42 Å². The third kappa shape index (κ3) is 2.25. The van der Waals surface area contributed by atoms with Crippen molar-refractivity contribution in [3.8, 4) is 0 Å². The second-order valence-electron chi connectivity index (χ2n) is 2.38. The molecule has 0 aliphatic carbocycles. The van der Waals surface area contributed by atoms with Gasteiger partial charge in [0.05, 0.1) is 5.75 Å². The Labute approximate surface area is 75.6 Å². The van der Waals surface area contributed by atoms with Crippen molar-refractivity contribution in [1.82, 2.24) is 10.2 Å². The van der Waals surface area contributed by atoms with E-state index in [-0.39, 0.29) is 10.1 Å². The topological polar surface area (TPSA) is 59.9 Å². The molecule has 6 heteroatoms. The van der Waals surface area contributed by atoms with Crippen LogP contribution < -0.4 is 0 Å². The van der Waals surface area contributed by atoms with Gasteiger partial charge < -0.3 is 0 Å². The van der Waals surface area contributed by atoms with Gasteiger partial charge in [0.25, 0.3) is 0 Å². The van der Waals surface area contributed by atoms with Crippen LogP contribution in [0.25, 0.3) is 0 Å². The summed E-state index contributed by atoms with van der Waals surface area (Å²) >= 11 is 1.07. The van der Waals surface area contributed by atoms with Crippen molar-refractivity contribution >= 4 is 21.2 Å². The summed E-state index contributed by atoms with van der Waals surface area (Å²) in [4.78, 5) is 0. The Morgan fingerprint density at radius 1 is 1.58 bits per heavy atom. The summed E-state index contributed by atoms with van der Waals surface area (Å²) in [7, 11) is -3.13. The largest absolute Gasteiger partial charge is 0.232 e. The first-order valence-corrected chi connectivity index (χ1v) is 6.19. The van der Waals surface area contributed by atoms with Gasteiger partial charge in [0.1, 0.15) is 5.51 Å². The standard InChI is InChI=1S/C6H10N2O2S2/c1-2-3-4-12(9,10)6-8-7-5-11-6/h5H,2-4H2,1H3. The van der Waals surface area contributed by atoms with Gasteiger partial charge in [0.2, 0.25) is 14.2 Å². The monoisotopic (exact) mass is 206 g/mol. The summed E-state index contributed by atoms with van der Waals surface area (Å²) in [6.07, 6.45) is 1.56. The molecule has 1 rings (SSSR count). The maximum atomic E-state index is 11.4. The summed E-state index contributed by atoms with van der Waals surface area (Å²) < 4.78 is 22.9. The van der Waals surface area contributed by atoms with E-state index in [1.165, 1.54) is 5.51 Å². The van der Waals surface area contributed by atoms with Crippen molar-refractivity contribution < 1.29 is 8.42 Å². The molecule has 1 aromatic rings. The van der Waals surface area contributed by atoms with Crippen LogP contribution in [0.2, 0.25) is 0 Å². The summed E-state index contributed by atoms with van der Waals surface area (Å²) in [5, 5.41) is 7.01. The maximum absolute atomic E-state index is 11.4. The van der Waals surface area contributed by atoms with Crippen LogP contribution in [0.4, 0.5) is 0 Å². The van der Waals surface area contributed by atoms with Crippen molar-refractivity contribution in [2.45, 2.75) is 24.1 Å². The first-order valence-electron chi connectivity index (χ1n) is 3.65. The zero-order valence-electron chi connectivity index (χ0n) is 6.73. The normalized spacial score (nSPS) is 11.8. The fourth-order valence-corrected chi connectivity index (χ4v) is 2.98. The Balaban J connectivity index is 2.74. The molecule has 4 nitrogen and oxygen atoms in total. The smallest absolute Gasteiger partial charge is 0.221 e. The molecule has 0 aliphatic rings. The van der Waals surface area contributed by atoms with Gasteiger partial charge in [-0.2, -0.15) is 0 Å². The molecule has 0 amide bonds. The van der Waals surface area contributed by atoms with Gasteiger partial charge in [-0.15, -0.1) is 10.2 Å². The maximum Gasteiger partial charge on any atom is 0.232 e. The van der Waals surface area contributed by atoms with E-state index in [0.29, 0.717) is 6.42 Å².